The minimum absolute atomic E-state index is 0.451. The lowest BCUT2D eigenvalue weighted by atomic mass is 10.0. The van der Waals surface area contributed by atoms with Crippen molar-refractivity contribution in [1.29, 1.82) is 0 Å². The molecule has 0 radical (unpaired) electrons. The number of hydrogen-bond donors (Lipinski definition) is 1. The Hall–Kier alpha value is -0.340. The molecule has 1 atom stereocenters. The summed E-state index contributed by atoms with van der Waals surface area (Å²) in [5.74, 6) is 0.837. The molecule has 2 heteroatoms. The zero-order chi connectivity index (χ0) is 10.7. The largest absolute Gasteiger partial charge is 0.327 e. The monoisotopic (exact) mass is 267 g/mol. The summed E-state index contributed by atoms with van der Waals surface area (Å²) >= 11 is 3.57. The van der Waals surface area contributed by atoms with Crippen molar-refractivity contribution in [2.45, 2.75) is 38.1 Å². The first-order chi connectivity index (χ1) is 7.27. The Balaban J connectivity index is 1.75. The van der Waals surface area contributed by atoms with Gasteiger partial charge in [0.2, 0.25) is 0 Å². The molecule has 1 saturated carbocycles. The first kappa shape index (κ1) is 11.2. The van der Waals surface area contributed by atoms with Crippen LogP contribution in [0.3, 0.4) is 0 Å². The summed E-state index contributed by atoms with van der Waals surface area (Å²) in [5, 5.41) is 0. The first-order valence-corrected chi connectivity index (χ1v) is 6.55. The summed E-state index contributed by atoms with van der Waals surface area (Å²) in [6.07, 6.45) is 6.24. The number of benzene rings is 1. The summed E-state index contributed by atoms with van der Waals surface area (Å²) in [4.78, 5) is 0. The van der Waals surface area contributed by atoms with E-state index < -0.39 is 0 Å². The van der Waals surface area contributed by atoms with Gasteiger partial charge in [0.1, 0.15) is 0 Å². The maximum absolute atomic E-state index is 6.07. The van der Waals surface area contributed by atoms with E-state index in [2.05, 4.69) is 40.2 Å². The normalized spacial score (nSPS) is 17.7. The average molecular weight is 268 g/mol. The van der Waals surface area contributed by atoms with Gasteiger partial charge in [0.15, 0.2) is 0 Å². The van der Waals surface area contributed by atoms with Crippen molar-refractivity contribution >= 4 is 15.9 Å². The van der Waals surface area contributed by atoms with Crippen molar-refractivity contribution < 1.29 is 0 Å². The predicted octanol–water partition coefficient (Wildman–Crippen LogP) is 3.51. The molecule has 1 aliphatic carbocycles. The Kier molecular flexibility index (Phi) is 3.81. The molecule has 1 unspecified atom stereocenters. The molecule has 82 valence electrons. The number of aryl methyl sites for hydroxylation is 1. The van der Waals surface area contributed by atoms with Crippen LogP contribution in [0.1, 0.15) is 31.2 Å². The van der Waals surface area contributed by atoms with Crippen LogP contribution < -0.4 is 5.73 Å². The van der Waals surface area contributed by atoms with Crippen molar-refractivity contribution in [2.24, 2.45) is 11.7 Å². The quantitative estimate of drug-likeness (QED) is 0.868. The molecule has 15 heavy (non-hydrogen) atoms. The SMILES string of the molecule is NC(CCCc1ccccc1Br)C1CC1. The summed E-state index contributed by atoms with van der Waals surface area (Å²) in [6, 6.07) is 8.90. The van der Waals surface area contributed by atoms with Crippen molar-refractivity contribution in [3.63, 3.8) is 0 Å². The highest BCUT2D eigenvalue weighted by Crippen LogP contribution is 2.33. The molecule has 0 amide bonds. The number of nitrogens with two attached hydrogens (primary N) is 1. The van der Waals surface area contributed by atoms with Crippen LogP contribution in [0.25, 0.3) is 0 Å². The third-order valence-corrected chi connectivity index (χ3v) is 3.94. The van der Waals surface area contributed by atoms with E-state index in [1.807, 2.05) is 0 Å². The molecule has 0 aromatic heterocycles. The van der Waals surface area contributed by atoms with Gasteiger partial charge in [0, 0.05) is 10.5 Å². The van der Waals surface area contributed by atoms with Gasteiger partial charge in [-0.05, 0) is 49.7 Å². The smallest absolute Gasteiger partial charge is 0.0207 e. The fourth-order valence-corrected chi connectivity index (χ4v) is 2.47. The Morgan fingerprint density at radius 3 is 2.73 bits per heavy atom. The van der Waals surface area contributed by atoms with Gasteiger partial charge in [-0.1, -0.05) is 34.1 Å². The molecular formula is C13H18BrN. The topological polar surface area (TPSA) is 26.0 Å². The average Bonchev–Trinajstić information content (AvgIpc) is 3.04. The van der Waals surface area contributed by atoms with Crippen LogP contribution in [0.4, 0.5) is 0 Å². The number of rotatable bonds is 5. The number of hydrogen-bond acceptors (Lipinski definition) is 1. The van der Waals surface area contributed by atoms with Crippen LogP contribution in [0.5, 0.6) is 0 Å². The maximum atomic E-state index is 6.07. The van der Waals surface area contributed by atoms with Crippen LogP contribution in [0.2, 0.25) is 0 Å². The second-order valence-electron chi connectivity index (χ2n) is 4.48. The van der Waals surface area contributed by atoms with Gasteiger partial charge in [-0.25, -0.2) is 0 Å². The first-order valence-electron chi connectivity index (χ1n) is 5.76. The summed E-state index contributed by atoms with van der Waals surface area (Å²) < 4.78 is 1.23. The van der Waals surface area contributed by atoms with E-state index in [0.717, 1.165) is 12.3 Å². The summed E-state index contributed by atoms with van der Waals surface area (Å²) in [5.41, 5.74) is 7.47. The van der Waals surface area contributed by atoms with Gasteiger partial charge in [-0.3, -0.25) is 0 Å². The zero-order valence-corrected chi connectivity index (χ0v) is 10.5. The Morgan fingerprint density at radius 1 is 1.33 bits per heavy atom. The van der Waals surface area contributed by atoms with Gasteiger partial charge in [0.25, 0.3) is 0 Å². The van der Waals surface area contributed by atoms with E-state index >= 15 is 0 Å². The van der Waals surface area contributed by atoms with E-state index in [1.165, 1.54) is 35.7 Å². The fraction of sp³-hybridized carbons (Fsp3) is 0.538. The van der Waals surface area contributed by atoms with Crippen LogP contribution in [-0.2, 0) is 6.42 Å². The van der Waals surface area contributed by atoms with Gasteiger partial charge >= 0.3 is 0 Å². The van der Waals surface area contributed by atoms with Crippen LogP contribution in [0, 0.1) is 5.92 Å². The molecular weight excluding hydrogens is 250 g/mol. The predicted molar refractivity (Wildman–Crippen MR) is 67.8 cm³/mol. The maximum Gasteiger partial charge on any atom is 0.0207 e. The van der Waals surface area contributed by atoms with E-state index in [9.17, 15) is 0 Å². The lowest BCUT2D eigenvalue weighted by Gasteiger charge is -2.10. The molecule has 1 aromatic carbocycles. The molecule has 2 N–H and O–H groups in total. The van der Waals surface area contributed by atoms with E-state index in [4.69, 9.17) is 5.73 Å². The zero-order valence-electron chi connectivity index (χ0n) is 8.95. The van der Waals surface area contributed by atoms with Crippen LogP contribution >= 0.6 is 15.9 Å². The molecule has 1 aromatic rings. The molecule has 1 fully saturated rings. The molecule has 2 rings (SSSR count). The molecule has 1 nitrogen and oxygen atoms in total. The molecule has 0 saturated heterocycles. The van der Waals surface area contributed by atoms with Gasteiger partial charge < -0.3 is 5.73 Å². The highest BCUT2D eigenvalue weighted by atomic mass is 79.9. The lowest BCUT2D eigenvalue weighted by Crippen LogP contribution is -2.22. The third kappa shape index (κ3) is 3.32. The molecule has 0 bridgehead atoms. The molecule has 0 aliphatic heterocycles. The van der Waals surface area contributed by atoms with Crippen molar-refractivity contribution in [2.75, 3.05) is 0 Å². The van der Waals surface area contributed by atoms with E-state index in [0.29, 0.717) is 6.04 Å². The van der Waals surface area contributed by atoms with Crippen molar-refractivity contribution in [3.05, 3.63) is 34.3 Å². The fourth-order valence-electron chi connectivity index (χ4n) is 1.99. The van der Waals surface area contributed by atoms with Gasteiger partial charge in [-0.15, -0.1) is 0 Å². The van der Waals surface area contributed by atoms with Gasteiger partial charge in [0.05, 0.1) is 0 Å². The van der Waals surface area contributed by atoms with E-state index in [-0.39, 0.29) is 0 Å². The summed E-state index contributed by atoms with van der Waals surface area (Å²) in [7, 11) is 0. The minimum atomic E-state index is 0.451. The lowest BCUT2D eigenvalue weighted by molar-refractivity contribution is 0.528. The number of halogens is 1. The van der Waals surface area contributed by atoms with E-state index in [1.54, 1.807) is 0 Å². The Morgan fingerprint density at radius 2 is 2.07 bits per heavy atom. The van der Waals surface area contributed by atoms with Crippen LogP contribution in [0.15, 0.2) is 28.7 Å². The summed E-state index contributed by atoms with van der Waals surface area (Å²) in [6.45, 7) is 0. The molecule has 1 aliphatic rings. The Labute approximate surface area is 100 Å². The van der Waals surface area contributed by atoms with Crippen LogP contribution in [-0.4, -0.2) is 6.04 Å². The highest BCUT2D eigenvalue weighted by Gasteiger charge is 2.27. The second kappa shape index (κ2) is 5.13. The third-order valence-electron chi connectivity index (χ3n) is 3.17. The molecule has 0 heterocycles. The highest BCUT2D eigenvalue weighted by molar-refractivity contribution is 9.10. The standard InChI is InChI=1S/C13H18BrN/c14-12-6-2-1-4-10(12)5-3-7-13(15)11-8-9-11/h1-2,4,6,11,13H,3,5,7-9,15H2. The van der Waals surface area contributed by atoms with Crippen molar-refractivity contribution in [1.82, 2.24) is 0 Å². The minimum Gasteiger partial charge on any atom is -0.327 e. The van der Waals surface area contributed by atoms with Crippen molar-refractivity contribution in [3.8, 4) is 0 Å². The second-order valence-corrected chi connectivity index (χ2v) is 5.34. The molecule has 0 spiro atoms. The Bertz CT molecular complexity index is 320. The van der Waals surface area contributed by atoms with Gasteiger partial charge in [-0.2, -0.15) is 0 Å².